The topological polar surface area (TPSA) is 106 Å². The van der Waals surface area contributed by atoms with Crippen molar-refractivity contribution in [2.24, 2.45) is 0 Å². The number of carbonyl (C=O) groups excluding carboxylic acids is 1. The number of nitrogens with zero attached hydrogens (tertiary/aromatic N) is 3. The van der Waals surface area contributed by atoms with Gasteiger partial charge >= 0.3 is 5.97 Å². The average Bonchev–Trinajstić information content (AvgIpc) is 3.04. The fraction of sp³-hybridized carbons (Fsp3) is 0.375. The van der Waals surface area contributed by atoms with Gasteiger partial charge in [-0.15, -0.1) is 10.2 Å². The molecule has 2 aromatic rings. The molecule has 1 amide bonds. The number of hydrogen-bond acceptors (Lipinski definition) is 5. The number of aromatic nitrogens is 3. The lowest BCUT2D eigenvalue weighted by Gasteiger charge is -2.17. The summed E-state index contributed by atoms with van der Waals surface area (Å²) in [6, 6.07) is 3.92. The highest BCUT2D eigenvalue weighted by Crippen LogP contribution is 2.19. The number of carboxylic acids is 1. The van der Waals surface area contributed by atoms with Gasteiger partial charge in [0, 0.05) is 11.6 Å². The van der Waals surface area contributed by atoms with E-state index in [4.69, 9.17) is 9.84 Å². The molecule has 0 fully saturated rings. The SMILES string of the molecule is COc1cc(C(=O)O)cc(C(=O)NC(C)c2nncn2C(C)C)c1. The molecule has 2 rings (SSSR count). The normalized spacial score (nSPS) is 12.0. The Bertz CT molecular complexity index is 754. The summed E-state index contributed by atoms with van der Waals surface area (Å²) < 4.78 is 6.91. The van der Waals surface area contributed by atoms with Crippen molar-refractivity contribution >= 4 is 11.9 Å². The van der Waals surface area contributed by atoms with Crippen LogP contribution < -0.4 is 10.1 Å². The molecule has 8 heteroatoms. The first-order valence-electron chi connectivity index (χ1n) is 7.46. The fourth-order valence-electron chi connectivity index (χ4n) is 2.28. The molecule has 0 aliphatic rings. The van der Waals surface area contributed by atoms with Gasteiger partial charge in [-0.25, -0.2) is 4.79 Å². The van der Waals surface area contributed by atoms with Crippen molar-refractivity contribution in [3.63, 3.8) is 0 Å². The first-order valence-corrected chi connectivity index (χ1v) is 7.46. The highest BCUT2D eigenvalue weighted by atomic mass is 16.5. The summed E-state index contributed by atoms with van der Waals surface area (Å²) in [6.07, 6.45) is 1.61. The smallest absolute Gasteiger partial charge is 0.335 e. The van der Waals surface area contributed by atoms with Gasteiger partial charge in [-0.3, -0.25) is 4.79 Å². The Balaban J connectivity index is 2.24. The summed E-state index contributed by atoms with van der Waals surface area (Å²) >= 11 is 0. The van der Waals surface area contributed by atoms with E-state index in [1.807, 2.05) is 18.4 Å². The maximum Gasteiger partial charge on any atom is 0.335 e. The standard InChI is InChI=1S/C16H20N4O4/c1-9(2)20-8-17-19-14(20)10(3)18-15(21)11-5-12(16(22)23)7-13(6-11)24-4/h5-10H,1-4H3,(H,18,21)(H,22,23). The summed E-state index contributed by atoms with van der Waals surface area (Å²) in [5.41, 5.74) is 0.187. The zero-order valence-electron chi connectivity index (χ0n) is 14.0. The van der Waals surface area contributed by atoms with Gasteiger partial charge in [0.2, 0.25) is 0 Å². The molecule has 1 aromatic heterocycles. The van der Waals surface area contributed by atoms with Crippen molar-refractivity contribution in [2.75, 3.05) is 7.11 Å². The average molecular weight is 332 g/mol. The fourth-order valence-corrected chi connectivity index (χ4v) is 2.28. The van der Waals surface area contributed by atoms with Crippen LogP contribution in [0.1, 0.15) is 59.4 Å². The second kappa shape index (κ2) is 7.12. The van der Waals surface area contributed by atoms with Crippen LogP contribution in [0.3, 0.4) is 0 Å². The molecule has 1 aromatic carbocycles. The number of carbonyl (C=O) groups is 2. The van der Waals surface area contributed by atoms with E-state index in [1.54, 1.807) is 13.3 Å². The maximum absolute atomic E-state index is 12.5. The van der Waals surface area contributed by atoms with Gasteiger partial charge in [0.15, 0.2) is 5.82 Å². The van der Waals surface area contributed by atoms with Gasteiger partial charge in [0.25, 0.3) is 5.91 Å². The van der Waals surface area contributed by atoms with E-state index in [9.17, 15) is 9.59 Å². The molecule has 8 nitrogen and oxygen atoms in total. The Morgan fingerprint density at radius 3 is 2.46 bits per heavy atom. The molecule has 2 N–H and O–H groups in total. The van der Waals surface area contributed by atoms with E-state index in [2.05, 4.69) is 15.5 Å². The molecule has 0 saturated carbocycles. The largest absolute Gasteiger partial charge is 0.497 e. The first kappa shape index (κ1) is 17.5. The molecule has 1 unspecified atom stereocenters. The molecule has 1 atom stereocenters. The van der Waals surface area contributed by atoms with E-state index >= 15 is 0 Å². The molecular weight excluding hydrogens is 312 g/mol. The summed E-state index contributed by atoms with van der Waals surface area (Å²) in [5, 5.41) is 19.8. The summed E-state index contributed by atoms with van der Waals surface area (Å²) in [7, 11) is 1.41. The predicted molar refractivity (Wildman–Crippen MR) is 86.2 cm³/mol. The van der Waals surface area contributed by atoms with Crippen molar-refractivity contribution in [3.05, 3.63) is 41.5 Å². The van der Waals surface area contributed by atoms with Crippen molar-refractivity contribution in [1.29, 1.82) is 0 Å². The molecule has 24 heavy (non-hydrogen) atoms. The highest BCUT2D eigenvalue weighted by molar-refractivity contribution is 5.98. The second-order valence-electron chi connectivity index (χ2n) is 5.64. The number of carboxylic acid groups (broad SMARTS) is 1. The van der Waals surface area contributed by atoms with E-state index in [0.29, 0.717) is 11.6 Å². The Labute approximate surface area is 139 Å². The van der Waals surface area contributed by atoms with Crippen molar-refractivity contribution in [2.45, 2.75) is 32.9 Å². The van der Waals surface area contributed by atoms with Crippen LogP contribution in [0.15, 0.2) is 24.5 Å². The number of amides is 1. The van der Waals surface area contributed by atoms with Crippen molar-refractivity contribution in [1.82, 2.24) is 20.1 Å². The van der Waals surface area contributed by atoms with Crippen LogP contribution in [-0.2, 0) is 0 Å². The Morgan fingerprint density at radius 2 is 1.88 bits per heavy atom. The minimum atomic E-state index is -1.13. The highest BCUT2D eigenvalue weighted by Gasteiger charge is 2.19. The van der Waals surface area contributed by atoms with Crippen molar-refractivity contribution in [3.8, 4) is 5.75 Å². The van der Waals surface area contributed by atoms with E-state index in [-0.39, 0.29) is 23.2 Å². The molecule has 0 spiro atoms. The van der Waals surface area contributed by atoms with Crippen LogP contribution in [0.4, 0.5) is 0 Å². The van der Waals surface area contributed by atoms with Gasteiger partial charge in [-0.05, 0) is 39.0 Å². The molecule has 1 heterocycles. The van der Waals surface area contributed by atoms with Crippen LogP contribution in [0.25, 0.3) is 0 Å². The van der Waals surface area contributed by atoms with E-state index in [0.717, 1.165) is 0 Å². The minimum absolute atomic E-state index is 0.0162. The number of aromatic carboxylic acids is 1. The van der Waals surface area contributed by atoms with Crippen molar-refractivity contribution < 1.29 is 19.4 Å². The molecule has 128 valence electrons. The quantitative estimate of drug-likeness (QED) is 0.838. The lowest BCUT2D eigenvalue weighted by molar-refractivity contribution is 0.0696. The number of rotatable bonds is 6. The van der Waals surface area contributed by atoms with E-state index in [1.165, 1.54) is 25.3 Å². The lowest BCUT2D eigenvalue weighted by Crippen LogP contribution is -2.29. The zero-order chi connectivity index (χ0) is 17.9. The van der Waals surface area contributed by atoms with Gasteiger partial charge in [-0.1, -0.05) is 0 Å². The number of ether oxygens (including phenoxy) is 1. The number of methoxy groups -OCH3 is 1. The number of benzene rings is 1. The molecule has 0 saturated heterocycles. The Kier molecular flexibility index (Phi) is 5.18. The summed E-state index contributed by atoms with van der Waals surface area (Å²) in [4.78, 5) is 23.6. The lowest BCUT2D eigenvalue weighted by atomic mass is 10.1. The molecular formula is C16H20N4O4. The van der Waals surface area contributed by atoms with Crippen LogP contribution in [0.5, 0.6) is 5.75 Å². The minimum Gasteiger partial charge on any atom is -0.497 e. The molecule has 0 aliphatic heterocycles. The summed E-state index contributed by atoms with van der Waals surface area (Å²) in [6.45, 7) is 5.77. The van der Waals surface area contributed by atoms with Gasteiger partial charge in [0.05, 0.1) is 18.7 Å². The third-order valence-corrected chi connectivity index (χ3v) is 3.54. The first-order chi connectivity index (χ1) is 11.3. The van der Waals surface area contributed by atoms with Crippen LogP contribution in [0, 0.1) is 0 Å². The van der Waals surface area contributed by atoms with Crippen LogP contribution >= 0.6 is 0 Å². The maximum atomic E-state index is 12.5. The van der Waals surface area contributed by atoms with Crippen LogP contribution in [0.2, 0.25) is 0 Å². The zero-order valence-corrected chi connectivity index (χ0v) is 14.0. The third kappa shape index (κ3) is 3.70. The second-order valence-corrected chi connectivity index (χ2v) is 5.64. The molecule has 0 radical (unpaired) electrons. The van der Waals surface area contributed by atoms with Gasteiger partial charge < -0.3 is 19.7 Å². The van der Waals surface area contributed by atoms with Crippen LogP contribution in [-0.4, -0.2) is 38.9 Å². The Hall–Kier alpha value is -2.90. The van der Waals surface area contributed by atoms with Gasteiger partial charge in [0.1, 0.15) is 12.1 Å². The molecule has 0 bridgehead atoms. The monoisotopic (exact) mass is 332 g/mol. The number of hydrogen-bond donors (Lipinski definition) is 2. The van der Waals surface area contributed by atoms with Gasteiger partial charge in [-0.2, -0.15) is 0 Å². The van der Waals surface area contributed by atoms with E-state index < -0.39 is 11.9 Å². The molecule has 0 aliphatic carbocycles. The summed E-state index contributed by atoms with van der Waals surface area (Å²) in [5.74, 6) is -0.615. The third-order valence-electron chi connectivity index (χ3n) is 3.54. The Morgan fingerprint density at radius 1 is 1.21 bits per heavy atom. The predicted octanol–water partition coefficient (Wildman–Crippen LogP) is 2.06. The number of nitrogens with one attached hydrogen (secondary N) is 1.